The molecule has 4 N–H and O–H groups in total. The maximum Gasteiger partial charge on any atom is 0.248 e. The van der Waals surface area contributed by atoms with E-state index in [0.717, 1.165) is 16.5 Å². The van der Waals surface area contributed by atoms with Gasteiger partial charge in [0.2, 0.25) is 5.56 Å². The highest BCUT2D eigenvalue weighted by Gasteiger charge is 2.04. The molecule has 1 heterocycles. The van der Waals surface area contributed by atoms with Crippen LogP contribution >= 0.6 is 23.8 Å². The number of fused-ring (bicyclic) bond motifs is 1. The van der Waals surface area contributed by atoms with E-state index in [0.29, 0.717) is 11.6 Å². The SMILES string of the molecule is NC(=S)NCc1cc(=O)[nH]c2ccc(Cl)cc12. The van der Waals surface area contributed by atoms with Crippen LogP contribution in [0.15, 0.2) is 29.1 Å². The van der Waals surface area contributed by atoms with E-state index in [1.807, 2.05) is 0 Å². The molecular formula is C11H10ClN3OS. The van der Waals surface area contributed by atoms with Crippen molar-refractivity contribution in [2.75, 3.05) is 0 Å². The maximum absolute atomic E-state index is 11.5. The molecule has 0 aliphatic carbocycles. The smallest absolute Gasteiger partial charge is 0.248 e. The number of halogens is 1. The molecule has 0 amide bonds. The van der Waals surface area contributed by atoms with Gasteiger partial charge in [-0.1, -0.05) is 11.6 Å². The van der Waals surface area contributed by atoms with Gasteiger partial charge in [-0.05, 0) is 36.0 Å². The molecule has 0 unspecified atom stereocenters. The van der Waals surface area contributed by atoms with Crippen LogP contribution in [0, 0.1) is 0 Å². The molecule has 0 aliphatic rings. The van der Waals surface area contributed by atoms with Crippen LogP contribution in [0.5, 0.6) is 0 Å². The molecule has 1 aromatic carbocycles. The Balaban J connectivity index is 2.55. The van der Waals surface area contributed by atoms with E-state index in [1.165, 1.54) is 6.07 Å². The summed E-state index contributed by atoms with van der Waals surface area (Å²) >= 11 is 10.7. The van der Waals surface area contributed by atoms with E-state index in [-0.39, 0.29) is 10.7 Å². The summed E-state index contributed by atoms with van der Waals surface area (Å²) in [5.74, 6) is 0. The lowest BCUT2D eigenvalue weighted by Gasteiger charge is -2.07. The summed E-state index contributed by atoms with van der Waals surface area (Å²) in [6.07, 6.45) is 0. The van der Waals surface area contributed by atoms with Crippen LogP contribution in [-0.4, -0.2) is 10.1 Å². The summed E-state index contributed by atoms with van der Waals surface area (Å²) in [6, 6.07) is 6.79. The number of benzene rings is 1. The second-order valence-corrected chi connectivity index (χ2v) is 4.44. The van der Waals surface area contributed by atoms with Gasteiger partial charge in [-0.25, -0.2) is 0 Å². The average molecular weight is 268 g/mol. The summed E-state index contributed by atoms with van der Waals surface area (Å²) in [7, 11) is 0. The first-order valence-corrected chi connectivity index (χ1v) is 5.69. The molecule has 4 nitrogen and oxygen atoms in total. The van der Waals surface area contributed by atoms with E-state index < -0.39 is 0 Å². The van der Waals surface area contributed by atoms with Crippen molar-refractivity contribution in [3.05, 3.63) is 45.2 Å². The Hall–Kier alpha value is -1.59. The third-order valence-electron chi connectivity index (χ3n) is 2.34. The van der Waals surface area contributed by atoms with Gasteiger partial charge in [0.1, 0.15) is 0 Å². The zero-order valence-corrected chi connectivity index (χ0v) is 10.4. The molecule has 88 valence electrons. The lowest BCUT2D eigenvalue weighted by atomic mass is 10.1. The zero-order valence-electron chi connectivity index (χ0n) is 8.79. The molecule has 2 rings (SSSR count). The topological polar surface area (TPSA) is 70.9 Å². The van der Waals surface area contributed by atoms with Gasteiger partial charge >= 0.3 is 0 Å². The molecule has 1 aromatic heterocycles. The molecular weight excluding hydrogens is 258 g/mol. The van der Waals surface area contributed by atoms with Gasteiger partial charge in [-0.15, -0.1) is 0 Å². The highest BCUT2D eigenvalue weighted by atomic mass is 35.5. The Morgan fingerprint density at radius 2 is 2.24 bits per heavy atom. The normalized spacial score (nSPS) is 10.4. The van der Waals surface area contributed by atoms with E-state index in [2.05, 4.69) is 10.3 Å². The van der Waals surface area contributed by atoms with Crippen LogP contribution in [0.25, 0.3) is 10.9 Å². The number of nitrogens with one attached hydrogen (secondary N) is 2. The predicted molar refractivity (Wildman–Crippen MR) is 73.2 cm³/mol. The molecule has 0 radical (unpaired) electrons. The standard InChI is InChI=1S/C11H10ClN3OS/c12-7-1-2-9-8(4-7)6(3-10(16)15-9)5-14-11(13)17/h1-4H,5H2,(H,15,16)(H3,13,14,17). The van der Waals surface area contributed by atoms with Gasteiger partial charge < -0.3 is 16.0 Å². The molecule has 0 bridgehead atoms. The molecule has 2 aromatic rings. The van der Waals surface area contributed by atoms with E-state index in [9.17, 15) is 4.79 Å². The van der Waals surface area contributed by atoms with E-state index in [4.69, 9.17) is 29.6 Å². The van der Waals surface area contributed by atoms with Gasteiger partial charge in [0, 0.05) is 28.5 Å². The second kappa shape index (κ2) is 4.73. The van der Waals surface area contributed by atoms with Crippen LogP contribution in [0.4, 0.5) is 0 Å². The quantitative estimate of drug-likeness (QED) is 0.722. The first kappa shape index (κ1) is 11.9. The Kier molecular flexibility index (Phi) is 3.31. The maximum atomic E-state index is 11.5. The van der Waals surface area contributed by atoms with E-state index >= 15 is 0 Å². The number of pyridine rings is 1. The predicted octanol–water partition coefficient (Wildman–Crippen LogP) is 1.51. The van der Waals surface area contributed by atoms with Crippen LogP contribution in [0.3, 0.4) is 0 Å². The highest BCUT2D eigenvalue weighted by Crippen LogP contribution is 2.19. The van der Waals surface area contributed by atoms with Crippen LogP contribution in [-0.2, 0) is 6.54 Å². The van der Waals surface area contributed by atoms with Crippen molar-refractivity contribution in [1.29, 1.82) is 0 Å². The number of hydrogen-bond acceptors (Lipinski definition) is 2. The fourth-order valence-electron chi connectivity index (χ4n) is 1.62. The summed E-state index contributed by atoms with van der Waals surface area (Å²) in [5, 5.41) is 4.50. The Labute approximate surface area is 108 Å². The number of thiocarbonyl (C=S) groups is 1. The highest BCUT2D eigenvalue weighted by molar-refractivity contribution is 7.80. The first-order valence-electron chi connectivity index (χ1n) is 4.91. The number of hydrogen-bond donors (Lipinski definition) is 3. The second-order valence-electron chi connectivity index (χ2n) is 3.57. The fraction of sp³-hybridized carbons (Fsp3) is 0.0909. The number of aromatic nitrogens is 1. The van der Waals surface area contributed by atoms with Crippen molar-refractivity contribution >= 4 is 39.8 Å². The third kappa shape index (κ3) is 2.75. The van der Waals surface area contributed by atoms with Crippen molar-refractivity contribution in [2.45, 2.75) is 6.54 Å². The van der Waals surface area contributed by atoms with Gasteiger partial charge in [-0.2, -0.15) is 0 Å². The molecule has 0 aliphatic heterocycles. The lowest BCUT2D eigenvalue weighted by Crippen LogP contribution is -2.28. The van der Waals surface area contributed by atoms with E-state index in [1.54, 1.807) is 18.2 Å². The minimum atomic E-state index is -0.167. The number of H-pyrrole nitrogens is 1. The Morgan fingerprint density at radius 3 is 2.94 bits per heavy atom. The molecule has 6 heteroatoms. The molecule has 17 heavy (non-hydrogen) atoms. The van der Waals surface area contributed by atoms with Crippen molar-refractivity contribution in [3.63, 3.8) is 0 Å². The Morgan fingerprint density at radius 1 is 1.47 bits per heavy atom. The minimum absolute atomic E-state index is 0.167. The van der Waals surface area contributed by atoms with Crippen molar-refractivity contribution in [2.24, 2.45) is 5.73 Å². The molecule has 0 atom stereocenters. The summed E-state index contributed by atoms with van der Waals surface area (Å²) in [6.45, 7) is 0.399. The van der Waals surface area contributed by atoms with Crippen molar-refractivity contribution < 1.29 is 0 Å². The molecule has 0 fully saturated rings. The van der Waals surface area contributed by atoms with Crippen LogP contribution < -0.4 is 16.6 Å². The van der Waals surface area contributed by atoms with Crippen molar-refractivity contribution in [1.82, 2.24) is 10.3 Å². The molecule has 0 saturated heterocycles. The van der Waals surface area contributed by atoms with Gasteiger partial charge in [-0.3, -0.25) is 4.79 Å². The third-order valence-corrected chi connectivity index (χ3v) is 2.72. The summed E-state index contributed by atoms with van der Waals surface area (Å²) < 4.78 is 0. The Bertz CT molecular complexity index is 638. The number of nitrogens with two attached hydrogens (primary N) is 1. The van der Waals surface area contributed by atoms with Crippen LogP contribution in [0.2, 0.25) is 5.02 Å². The number of aromatic amines is 1. The summed E-state index contributed by atoms with van der Waals surface area (Å²) in [5.41, 5.74) is 6.74. The number of rotatable bonds is 2. The van der Waals surface area contributed by atoms with Gasteiger partial charge in [0.15, 0.2) is 5.11 Å². The molecule has 0 spiro atoms. The first-order chi connectivity index (χ1) is 8.06. The molecule has 0 saturated carbocycles. The van der Waals surface area contributed by atoms with Crippen molar-refractivity contribution in [3.8, 4) is 0 Å². The monoisotopic (exact) mass is 267 g/mol. The fourth-order valence-corrected chi connectivity index (χ4v) is 1.87. The zero-order chi connectivity index (χ0) is 12.4. The van der Waals surface area contributed by atoms with Gasteiger partial charge in [0.25, 0.3) is 0 Å². The largest absolute Gasteiger partial charge is 0.376 e. The van der Waals surface area contributed by atoms with Gasteiger partial charge in [0.05, 0.1) is 0 Å². The van der Waals surface area contributed by atoms with Crippen LogP contribution in [0.1, 0.15) is 5.56 Å². The average Bonchev–Trinajstić information content (AvgIpc) is 2.26. The minimum Gasteiger partial charge on any atom is -0.376 e. The lowest BCUT2D eigenvalue weighted by molar-refractivity contribution is 0.924. The summed E-state index contributed by atoms with van der Waals surface area (Å²) in [4.78, 5) is 14.2.